The van der Waals surface area contributed by atoms with Gasteiger partial charge in [0.25, 0.3) is 0 Å². The summed E-state index contributed by atoms with van der Waals surface area (Å²) in [7, 11) is 0. The fourth-order valence-corrected chi connectivity index (χ4v) is 2.76. The van der Waals surface area contributed by atoms with Crippen LogP contribution in [-0.4, -0.2) is 12.3 Å². The lowest BCUT2D eigenvalue weighted by Gasteiger charge is -2.26. The van der Waals surface area contributed by atoms with Gasteiger partial charge >= 0.3 is 5.97 Å². The number of fused-ring (bicyclic) bond motifs is 1. The minimum atomic E-state index is -0.507. The van der Waals surface area contributed by atoms with Gasteiger partial charge < -0.3 is 14.2 Å². The Morgan fingerprint density at radius 1 is 1.27 bits per heavy atom. The van der Waals surface area contributed by atoms with E-state index in [2.05, 4.69) is 6.07 Å². The Morgan fingerprint density at radius 3 is 2.81 bits per heavy atom. The first kappa shape index (κ1) is 17.8. The highest BCUT2D eigenvalue weighted by Gasteiger charge is 2.23. The molecule has 1 aliphatic rings. The molecule has 0 fully saturated rings. The molecule has 26 heavy (non-hydrogen) atoms. The van der Waals surface area contributed by atoms with E-state index in [4.69, 9.17) is 19.5 Å². The molecule has 0 saturated heterocycles. The maximum absolute atomic E-state index is 11.6. The van der Waals surface area contributed by atoms with Crippen LogP contribution in [0.5, 0.6) is 11.5 Å². The average Bonchev–Trinajstić information content (AvgIpc) is 2.67. The lowest BCUT2D eigenvalue weighted by Crippen LogP contribution is -2.28. The fraction of sp³-hybridized carbons (Fsp3) is 0.333. The molecule has 2 aromatic carbocycles. The summed E-state index contributed by atoms with van der Waals surface area (Å²) < 4.78 is 16.9. The Hall–Kier alpha value is -3.00. The SMILES string of the molecule is CCCC(=O)OC1CCc2cc(OCc3ccc(C#N)cc3)ccc2O1. The third-order valence-corrected chi connectivity index (χ3v) is 4.15. The predicted octanol–water partition coefficient (Wildman–Crippen LogP) is 4.13. The molecule has 1 aliphatic heterocycles. The molecule has 3 rings (SSSR count). The molecular formula is C21H21NO4. The van der Waals surface area contributed by atoms with Crippen molar-refractivity contribution in [3.63, 3.8) is 0 Å². The lowest BCUT2D eigenvalue weighted by atomic mass is 10.1. The first-order chi connectivity index (χ1) is 12.7. The Balaban J connectivity index is 1.57. The van der Waals surface area contributed by atoms with Crippen LogP contribution < -0.4 is 9.47 Å². The van der Waals surface area contributed by atoms with Gasteiger partial charge in [-0.05, 0) is 54.3 Å². The Morgan fingerprint density at radius 2 is 2.08 bits per heavy atom. The zero-order valence-corrected chi connectivity index (χ0v) is 14.7. The zero-order valence-electron chi connectivity index (χ0n) is 14.7. The van der Waals surface area contributed by atoms with E-state index < -0.39 is 6.29 Å². The number of benzene rings is 2. The van der Waals surface area contributed by atoms with Gasteiger partial charge in [-0.2, -0.15) is 5.26 Å². The summed E-state index contributed by atoms with van der Waals surface area (Å²) in [6.07, 6.45) is 2.08. The van der Waals surface area contributed by atoms with Crippen molar-refractivity contribution in [2.24, 2.45) is 0 Å². The molecule has 2 aromatic rings. The van der Waals surface area contributed by atoms with E-state index in [1.54, 1.807) is 12.1 Å². The molecule has 0 aliphatic carbocycles. The second-order valence-corrected chi connectivity index (χ2v) is 6.19. The molecule has 0 aromatic heterocycles. The maximum Gasteiger partial charge on any atom is 0.308 e. The molecule has 5 nitrogen and oxygen atoms in total. The number of hydrogen-bond donors (Lipinski definition) is 0. The molecule has 5 heteroatoms. The molecule has 0 saturated carbocycles. The molecule has 134 valence electrons. The highest BCUT2D eigenvalue weighted by Crippen LogP contribution is 2.31. The van der Waals surface area contributed by atoms with Gasteiger partial charge in [0.15, 0.2) is 0 Å². The Labute approximate surface area is 153 Å². The van der Waals surface area contributed by atoms with Crippen LogP contribution in [0.25, 0.3) is 0 Å². The van der Waals surface area contributed by atoms with Crippen LogP contribution >= 0.6 is 0 Å². The van der Waals surface area contributed by atoms with Gasteiger partial charge in [0, 0.05) is 12.8 Å². The van der Waals surface area contributed by atoms with E-state index in [-0.39, 0.29) is 5.97 Å². The molecule has 0 amide bonds. The van der Waals surface area contributed by atoms with E-state index in [0.29, 0.717) is 25.0 Å². The normalized spacial score (nSPS) is 15.3. The van der Waals surface area contributed by atoms with Gasteiger partial charge in [0.2, 0.25) is 6.29 Å². The van der Waals surface area contributed by atoms with E-state index in [0.717, 1.165) is 35.5 Å². The summed E-state index contributed by atoms with van der Waals surface area (Å²) >= 11 is 0. The van der Waals surface area contributed by atoms with E-state index in [9.17, 15) is 4.79 Å². The number of nitriles is 1. The Bertz CT molecular complexity index is 808. The lowest BCUT2D eigenvalue weighted by molar-refractivity contribution is -0.165. The molecular weight excluding hydrogens is 330 g/mol. The Kier molecular flexibility index (Phi) is 5.75. The van der Waals surface area contributed by atoms with E-state index >= 15 is 0 Å². The van der Waals surface area contributed by atoms with Crippen molar-refractivity contribution >= 4 is 5.97 Å². The minimum absolute atomic E-state index is 0.219. The summed E-state index contributed by atoms with van der Waals surface area (Å²) in [6.45, 7) is 2.38. The van der Waals surface area contributed by atoms with Gasteiger partial charge in [0.05, 0.1) is 11.6 Å². The van der Waals surface area contributed by atoms with Gasteiger partial charge in [-0.25, -0.2) is 0 Å². The van der Waals surface area contributed by atoms with Crippen molar-refractivity contribution in [3.05, 3.63) is 59.2 Å². The van der Waals surface area contributed by atoms with E-state index in [1.807, 2.05) is 37.3 Å². The summed E-state index contributed by atoms with van der Waals surface area (Å²) in [4.78, 5) is 11.6. The monoisotopic (exact) mass is 351 g/mol. The largest absolute Gasteiger partial charge is 0.489 e. The molecule has 1 unspecified atom stereocenters. The van der Waals surface area contributed by atoms with Gasteiger partial charge in [-0.1, -0.05) is 19.1 Å². The molecule has 0 bridgehead atoms. The zero-order chi connectivity index (χ0) is 18.4. The van der Waals surface area contributed by atoms with Crippen LogP contribution in [-0.2, 0) is 22.6 Å². The van der Waals surface area contributed by atoms with Crippen LogP contribution in [0, 0.1) is 11.3 Å². The topological polar surface area (TPSA) is 68.5 Å². The molecule has 1 heterocycles. The van der Waals surface area contributed by atoms with Crippen molar-refractivity contribution in [2.75, 3.05) is 0 Å². The quantitative estimate of drug-likeness (QED) is 0.732. The highest BCUT2D eigenvalue weighted by molar-refractivity contribution is 5.69. The summed E-state index contributed by atoms with van der Waals surface area (Å²) in [5.74, 6) is 1.28. The highest BCUT2D eigenvalue weighted by atomic mass is 16.7. The number of aryl methyl sites for hydroxylation is 1. The second kappa shape index (κ2) is 8.39. The molecule has 0 radical (unpaired) electrons. The van der Waals surface area contributed by atoms with Crippen LogP contribution in [0.2, 0.25) is 0 Å². The first-order valence-electron chi connectivity index (χ1n) is 8.79. The smallest absolute Gasteiger partial charge is 0.308 e. The van der Waals surface area contributed by atoms with Gasteiger partial charge in [0.1, 0.15) is 18.1 Å². The number of esters is 1. The fourth-order valence-electron chi connectivity index (χ4n) is 2.76. The average molecular weight is 351 g/mol. The molecule has 0 N–H and O–H groups in total. The predicted molar refractivity (Wildman–Crippen MR) is 95.7 cm³/mol. The summed E-state index contributed by atoms with van der Waals surface area (Å²) in [6, 6.07) is 15.1. The van der Waals surface area contributed by atoms with E-state index in [1.165, 1.54) is 0 Å². The number of ether oxygens (including phenoxy) is 3. The van der Waals surface area contributed by atoms with Gasteiger partial charge in [-0.3, -0.25) is 4.79 Å². The minimum Gasteiger partial charge on any atom is -0.489 e. The summed E-state index contributed by atoms with van der Waals surface area (Å²) in [5, 5.41) is 8.82. The third-order valence-electron chi connectivity index (χ3n) is 4.15. The first-order valence-corrected chi connectivity index (χ1v) is 8.79. The number of nitrogens with zero attached hydrogens (tertiary/aromatic N) is 1. The summed E-state index contributed by atoms with van der Waals surface area (Å²) in [5.41, 5.74) is 2.68. The maximum atomic E-state index is 11.6. The van der Waals surface area contributed by atoms with Crippen molar-refractivity contribution in [1.29, 1.82) is 5.26 Å². The van der Waals surface area contributed by atoms with Crippen LogP contribution in [0.15, 0.2) is 42.5 Å². The van der Waals surface area contributed by atoms with Crippen molar-refractivity contribution in [3.8, 4) is 17.6 Å². The number of rotatable bonds is 6. The molecule has 1 atom stereocenters. The number of hydrogen-bond acceptors (Lipinski definition) is 5. The number of carbonyl (C=O) groups excluding carboxylic acids is 1. The van der Waals surface area contributed by atoms with Crippen LogP contribution in [0.3, 0.4) is 0 Å². The van der Waals surface area contributed by atoms with Gasteiger partial charge in [-0.15, -0.1) is 0 Å². The van der Waals surface area contributed by atoms with Crippen molar-refractivity contribution in [2.45, 2.75) is 45.5 Å². The number of carbonyl (C=O) groups is 1. The third kappa shape index (κ3) is 4.54. The van der Waals surface area contributed by atoms with Crippen LogP contribution in [0.1, 0.15) is 42.9 Å². The second-order valence-electron chi connectivity index (χ2n) is 6.19. The standard InChI is InChI=1S/C21H21NO4/c1-2-3-20(23)26-21-11-8-17-12-18(9-10-19(17)25-21)24-14-16-6-4-15(13-22)5-7-16/h4-7,9-10,12,21H,2-3,8,11,14H2,1H3. The van der Waals surface area contributed by atoms with Crippen molar-refractivity contribution in [1.82, 2.24) is 0 Å². The van der Waals surface area contributed by atoms with Crippen molar-refractivity contribution < 1.29 is 19.0 Å². The molecule has 0 spiro atoms. The van der Waals surface area contributed by atoms with Crippen LogP contribution in [0.4, 0.5) is 0 Å².